The second kappa shape index (κ2) is 7.11. The predicted molar refractivity (Wildman–Crippen MR) is 101 cm³/mol. The quantitative estimate of drug-likeness (QED) is 0.633. The number of anilines is 2. The van der Waals surface area contributed by atoms with E-state index in [2.05, 4.69) is 9.97 Å². The van der Waals surface area contributed by atoms with Gasteiger partial charge >= 0.3 is 11.7 Å². The minimum atomic E-state index is -1.11. The first-order chi connectivity index (χ1) is 14.0. The molecule has 148 valence electrons. The number of carboxylic acids is 1. The summed E-state index contributed by atoms with van der Waals surface area (Å²) in [6.45, 7) is 0.0897. The first kappa shape index (κ1) is 18.2. The third kappa shape index (κ3) is 3.29. The van der Waals surface area contributed by atoms with E-state index >= 15 is 0 Å². The van der Waals surface area contributed by atoms with Crippen LogP contribution in [0.25, 0.3) is 5.69 Å². The lowest BCUT2D eigenvalue weighted by Crippen LogP contribution is -2.32. The molecule has 29 heavy (non-hydrogen) atoms. The molecule has 4 rings (SSSR count). The second-order valence-electron chi connectivity index (χ2n) is 6.23. The molecule has 1 aromatic carbocycles. The van der Waals surface area contributed by atoms with E-state index < -0.39 is 18.2 Å². The Hall–Kier alpha value is -4.15. The SMILES string of the molecule is Nc1ncnc2c1C(=O)N(c1ccc(-n3ccn(CC(=O)O)c3=O)cc1)CCO2. The molecule has 0 aliphatic carbocycles. The third-order valence-corrected chi connectivity index (χ3v) is 4.45. The second-order valence-corrected chi connectivity index (χ2v) is 6.23. The maximum absolute atomic E-state index is 12.9. The van der Waals surface area contributed by atoms with Gasteiger partial charge in [-0.25, -0.2) is 14.8 Å². The van der Waals surface area contributed by atoms with E-state index in [1.54, 1.807) is 24.3 Å². The molecule has 1 amide bonds. The van der Waals surface area contributed by atoms with Gasteiger partial charge in [0.1, 0.15) is 30.9 Å². The maximum atomic E-state index is 12.9. The van der Waals surface area contributed by atoms with Crippen molar-refractivity contribution in [3.8, 4) is 11.6 Å². The smallest absolute Gasteiger partial charge is 0.333 e. The van der Waals surface area contributed by atoms with Crippen molar-refractivity contribution in [2.24, 2.45) is 0 Å². The number of carbonyl (C=O) groups excluding carboxylic acids is 1. The van der Waals surface area contributed by atoms with Gasteiger partial charge in [0.15, 0.2) is 0 Å². The van der Waals surface area contributed by atoms with E-state index in [1.807, 2.05) is 0 Å². The van der Waals surface area contributed by atoms with E-state index in [9.17, 15) is 14.4 Å². The van der Waals surface area contributed by atoms with Crippen molar-refractivity contribution >= 4 is 23.4 Å². The van der Waals surface area contributed by atoms with Crippen molar-refractivity contribution in [2.75, 3.05) is 23.8 Å². The van der Waals surface area contributed by atoms with Crippen molar-refractivity contribution in [1.82, 2.24) is 19.1 Å². The molecule has 1 aliphatic heterocycles. The zero-order valence-corrected chi connectivity index (χ0v) is 15.1. The fraction of sp³-hybridized carbons (Fsp3) is 0.167. The van der Waals surface area contributed by atoms with Gasteiger partial charge in [-0.05, 0) is 24.3 Å². The van der Waals surface area contributed by atoms with Crippen LogP contribution in [-0.2, 0) is 11.3 Å². The predicted octanol–water partition coefficient (Wildman–Crippen LogP) is 0.135. The van der Waals surface area contributed by atoms with Gasteiger partial charge < -0.3 is 20.5 Å². The number of imidazole rings is 1. The van der Waals surface area contributed by atoms with Crippen LogP contribution in [0.2, 0.25) is 0 Å². The molecule has 0 fully saturated rings. The molecule has 11 nitrogen and oxygen atoms in total. The summed E-state index contributed by atoms with van der Waals surface area (Å²) in [6, 6.07) is 6.68. The zero-order valence-electron chi connectivity index (χ0n) is 15.1. The highest BCUT2D eigenvalue weighted by Crippen LogP contribution is 2.27. The molecular weight excluding hydrogens is 380 g/mol. The summed E-state index contributed by atoms with van der Waals surface area (Å²) in [6.07, 6.45) is 4.12. The average molecular weight is 396 g/mol. The van der Waals surface area contributed by atoms with Crippen molar-refractivity contribution in [3.63, 3.8) is 0 Å². The number of hydrogen-bond acceptors (Lipinski definition) is 7. The first-order valence-electron chi connectivity index (χ1n) is 8.61. The summed E-state index contributed by atoms with van der Waals surface area (Å²) < 4.78 is 7.91. The fourth-order valence-corrected chi connectivity index (χ4v) is 3.08. The molecule has 11 heteroatoms. The number of aliphatic carboxylic acids is 1. The Morgan fingerprint density at radius 1 is 1.14 bits per heavy atom. The number of aromatic nitrogens is 4. The highest BCUT2D eigenvalue weighted by atomic mass is 16.5. The van der Waals surface area contributed by atoms with Gasteiger partial charge in [0, 0.05) is 18.1 Å². The number of amides is 1. The number of nitrogens with two attached hydrogens (primary N) is 1. The lowest BCUT2D eigenvalue weighted by Gasteiger charge is -2.20. The molecule has 2 aromatic heterocycles. The average Bonchev–Trinajstić information content (AvgIpc) is 2.95. The number of carboxylic acid groups (broad SMARTS) is 1. The monoisotopic (exact) mass is 396 g/mol. The molecule has 0 radical (unpaired) electrons. The Morgan fingerprint density at radius 3 is 2.59 bits per heavy atom. The number of carbonyl (C=O) groups is 2. The molecule has 3 N–H and O–H groups in total. The molecular formula is C18H16N6O5. The fourth-order valence-electron chi connectivity index (χ4n) is 3.08. The van der Waals surface area contributed by atoms with Crippen molar-refractivity contribution in [2.45, 2.75) is 6.54 Å². The number of ether oxygens (including phenoxy) is 1. The number of nitrogen functional groups attached to an aromatic ring is 1. The Bertz CT molecular complexity index is 1150. The van der Waals surface area contributed by atoms with E-state index in [0.717, 1.165) is 4.57 Å². The normalized spacial score (nSPS) is 13.5. The number of benzene rings is 1. The summed E-state index contributed by atoms with van der Waals surface area (Å²) in [5, 5.41) is 8.85. The molecule has 0 saturated carbocycles. The Morgan fingerprint density at radius 2 is 1.86 bits per heavy atom. The van der Waals surface area contributed by atoms with Crippen LogP contribution in [0.15, 0.2) is 47.8 Å². The molecule has 0 spiro atoms. The molecule has 3 aromatic rings. The van der Waals surface area contributed by atoms with E-state index in [4.69, 9.17) is 15.6 Å². The maximum Gasteiger partial charge on any atom is 0.333 e. The molecule has 1 aliphatic rings. The standard InChI is InChI=1S/C18H16N6O5/c19-15-14-16(21-10-20-15)29-8-7-23(17(14)27)11-1-3-12(4-2-11)24-6-5-22(18(24)28)9-13(25)26/h1-6,10H,7-9H2,(H,25,26)(H2,19,20,21). The van der Waals surface area contributed by atoms with Gasteiger partial charge in [-0.3, -0.25) is 18.7 Å². The van der Waals surface area contributed by atoms with Gasteiger partial charge in [0.05, 0.1) is 12.2 Å². The molecule has 3 heterocycles. The van der Waals surface area contributed by atoms with Crippen LogP contribution in [0.4, 0.5) is 11.5 Å². The van der Waals surface area contributed by atoms with Gasteiger partial charge in [-0.15, -0.1) is 0 Å². The molecule has 0 bridgehead atoms. The Balaban J connectivity index is 1.64. The lowest BCUT2D eigenvalue weighted by atomic mass is 10.2. The number of hydrogen-bond donors (Lipinski definition) is 2. The third-order valence-electron chi connectivity index (χ3n) is 4.45. The van der Waals surface area contributed by atoms with Gasteiger partial charge in [-0.1, -0.05) is 0 Å². The van der Waals surface area contributed by atoms with Crippen LogP contribution >= 0.6 is 0 Å². The van der Waals surface area contributed by atoms with Crippen molar-refractivity contribution in [1.29, 1.82) is 0 Å². The molecule has 0 unspecified atom stereocenters. The van der Waals surface area contributed by atoms with E-state index in [1.165, 1.54) is 28.2 Å². The van der Waals surface area contributed by atoms with Crippen LogP contribution in [0.3, 0.4) is 0 Å². The molecule has 0 atom stereocenters. The number of rotatable bonds is 4. The minimum Gasteiger partial charge on any atom is -0.480 e. The summed E-state index contributed by atoms with van der Waals surface area (Å²) in [5.74, 6) is -1.30. The van der Waals surface area contributed by atoms with Crippen LogP contribution in [0.5, 0.6) is 5.88 Å². The summed E-state index contributed by atoms with van der Waals surface area (Å²) in [5.41, 5.74) is 6.58. The van der Waals surface area contributed by atoms with E-state index in [0.29, 0.717) is 11.4 Å². The topological polar surface area (TPSA) is 146 Å². The Labute approximate surface area is 163 Å². The van der Waals surface area contributed by atoms with Gasteiger partial charge in [0.25, 0.3) is 5.91 Å². The molecule has 0 saturated heterocycles. The van der Waals surface area contributed by atoms with Crippen LogP contribution in [-0.4, -0.2) is 49.2 Å². The van der Waals surface area contributed by atoms with Crippen LogP contribution in [0.1, 0.15) is 10.4 Å². The summed E-state index contributed by atoms with van der Waals surface area (Å²) in [4.78, 5) is 45.4. The number of fused-ring (bicyclic) bond motifs is 1. The first-order valence-corrected chi connectivity index (χ1v) is 8.61. The van der Waals surface area contributed by atoms with Crippen molar-refractivity contribution < 1.29 is 19.4 Å². The summed E-state index contributed by atoms with van der Waals surface area (Å²) >= 11 is 0. The zero-order chi connectivity index (χ0) is 20.5. The highest BCUT2D eigenvalue weighted by molar-refractivity contribution is 6.10. The van der Waals surface area contributed by atoms with Crippen LogP contribution < -0.4 is 21.1 Å². The van der Waals surface area contributed by atoms with Crippen molar-refractivity contribution in [3.05, 3.63) is 59.0 Å². The van der Waals surface area contributed by atoms with E-state index in [-0.39, 0.29) is 36.3 Å². The Kier molecular flexibility index (Phi) is 4.47. The minimum absolute atomic E-state index is 0.0369. The summed E-state index contributed by atoms with van der Waals surface area (Å²) in [7, 11) is 0. The van der Waals surface area contributed by atoms with Gasteiger partial charge in [0.2, 0.25) is 5.88 Å². The van der Waals surface area contributed by atoms with Gasteiger partial charge in [-0.2, -0.15) is 0 Å². The largest absolute Gasteiger partial charge is 0.480 e. The lowest BCUT2D eigenvalue weighted by molar-refractivity contribution is -0.137. The highest BCUT2D eigenvalue weighted by Gasteiger charge is 2.28. The number of nitrogens with zero attached hydrogens (tertiary/aromatic N) is 5. The van der Waals surface area contributed by atoms with Crippen LogP contribution in [0, 0.1) is 0 Å².